The molecule has 2 rings (SSSR count). The van der Waals surface area contributed by atoms with Crippen LogP contribution < -0.4 is 20.5 Å². The highest BCUT2D eigenvalue weighted by atomic mass is 35.5. The fourth-order valence-corrected chi connectivity index (χ4v) is 3.23. The monoisotopic (exact) mass is 415 g/mol. The number of benzene rings is 1. The third-order valence-electron chi connectivity index (χ3n) is 5.31. The number of amides is 1. The number of morpholine rings is 1. The van der Waals surface area contributed by atoms with E-state index in [-0.39, 0.29) is 30.3 Å². The van der Waals surface area contributed by atoms with Crippen LogP contribution in [0, 0.1) is 5.92 Å². The van der Waals surface area contributed by atoms with Gasteiger partial charge in [-0.3, -0.25) is 9.69 Å². The second kappa shape index (κ2) is 12.1. The molecule has 1 aromatic rings. The maximum atomic E-state index is 12.5. The highest BCUT2D eigenvalue weighted by molar-refractivity contribution is 5.85. The molecule has 0 saturated carbocycles. The first-order chi connectivity index (χ1) is 13.0. The lowest BCUT2D eigenvalue weighted by Gasteiger charge is -2.35. The molecule has 7 nitrogen and oxygen atoms in total. The van der Waals surface area contributed by atoms with Crippen molar-refractivity contribution in [3.63, 3.8) is 0 Å². The van der Waals surface area contributed by atoms with Crippen LogP contribution in [0.4, 0.5) is 0 Å². The van der Waals surface area contributed by atoms with E-state index in [1.54, 1.807) is 14.2 Å². The highest BCUT2D eigenvalue weighted by Crippen LogP contribution is 2.32. The smallest absolute Gasteiger partial charge is 0.237 e. The number of nitrogens with two attached hydrogens (primary N) is 1. The van der Waals surface area contributed by atoms with E-state index in [1.807, 2.05) is 32.0 Å². The van der Waals surface area contributed by atoms with Gasteiger partial charge in [-0.2, -0.15) is 0 Å². The van der Waals surface area contributed by atoms with Crippen molar-refractivity contribution in [3.8, 4) is 11.5 Å². The SMILES string of the molecule is CCC(C)C(N)C(=O)NCC(c1ccc(OC)c(OC)c1)N1CCOCC1.Cl. The van der Waals surface area contributed by atoms with Crippen LogP contribution in [0.25, 0.3) is 0 Å². The molecule has 0 radical (unpaired) electrons. The molecule has 1 saturated heterocycles. The van der Waals surface area contributed by atoms with Gasteiger partial charge in [0.25, 0.3) is 0 Å². The molecule has 28 heavy (non-hydrogen) atoms. The number of nitrogens with one attached hydrogen (secondary N) is 1. The van der Waals surface area contributed by atoms with Crippen molar-refractivity contribution in [2.24, 2.45) is 11.7 Å². The first-order valence-corrected chi connectivity index (χ1v) is 9.58. The molecule has 3 unspecified atom stereocenters. The molecule has 0 aromatic heterocycles. The maximum Gasteiger partial charge on any atom is 0.237 e. The second-order valence-corrected chi connectivity index (χ2v) is 6.94. The minimum absolute atomic E-state index is 0. The summed E-state index contributed by atoms with van der Waals surface area (Å²) in [5, 5.41) is 3.04. The van der Waals surface area contributed by atoms with E-state index >= 15 is 0 Å². The molecule has 8 heteroatoms. The summed E-state index contributed by atoms with van der Waals surface area (Å²) in [6, 6.07) is 5.41. The van der Waals surface area contributed by atoms with Crippen molar-refractivity contribution in [1.29, 1.82) is 0 Å². The van der Waals surface area contributed by atoms with Crippen LogP contribution in [0.5, 0.6) is 11.5 Å². The average Bonchev–Trinajstić information content (AvgIpc) is 2.73. The number of hydrogen-bond acceptors (Lipinski definition) is 6. The van der Waals surface area contributed by atoms with Gasteiger partial charge in [0, 0.05) is 19.6 Å². The minimum atomic E-state index is -0.495. The van der Waals surface area contributed by atoms with Crippen LogP contribution in [-0.4, -0.2) is 63.9 Å². The summed E-state index contributed by atoms with van der Waals surface area (Å²) in [7, 11) is 3.24. The molecule has 1 amide bonds. The first kappa shape index (κ1) is 24.5. The fourth-order valence-electron chi connectivity index (χ4n) is 3.23. The van der Waals surface area contributed by atoms with Gasteiger partial charge < -0.3 is 25.3 Å². The van der Waals surface area contributed by atoms with E-state index in [0.717, 1.165) is 25.1 Å². The molecule has 3 N–H and O–H groups in total. The maximum absolute atomic E-state index is 12.5. The van der Waals surface area contributed by atoms with Gasteiger partial charge in [-0.25, -0.2) is 0 Å². The Bertz CT molecular complexity index is 611. The van der Waals surface area contributed by atoms with Gasteiger partial charge in [0.05, 0.1) is 39.5 Å². The zero-order valence-electron chi connectivity index (χ0n) is 17.3. The van der Waals surface area contributed by atoms with Gasteiger partial charge in [-0.05, 0) is 23.6 Å². The van der Waals surface area contributed by atoms with Crippen LogP contribution in [0.15, 0.2) is 18.2 Å². The Kier molecular flexibility index (Phi) is 10.6. The molecule has 3 atom stereocenters. The molecule has 160 valence electrons. The minimum Gasteiger partial charge on any atom is -0.493 e. The Labute approximate surface area is 174 Å². The quantitative estimate of drug-likeness (QED) is 0.641. The average molecular weight is 416 g/mol. The number of ether oxygens (including phenoxy) is 3. The van der Waals surface area contributed by atoms with E-state index < -0.39 is 6.04 Å². The zero-order chi connectivity index (χ0) is 19.8. The number of rotatable bonds is 9. The molecule has 0 spiro atoms. The summed E-state index contributed by atoms with van der Waals surface area (Å²) in [6.07, 6.45) is 0.872. The molecular formula is C20H34ClN3O4. The summed E-state index contributed by atoms with van der Waals surface area (Å²) < 4.78 is 16.3. The number of carbonyl (C=O) groups excluding carboxylic acids is 1. The van der Waals surface area contributed by atoms with Gasteiger partial charge in [0.1, 0.15) is 0 Å². The number of halogens is 1. The Morgan fingerprint density at radius 2 is 1.89 bits per heavy atom. The third kappa shape index (κ3) is 6.24. The predicted molar refractivity (Wildman–Crippen MR) is 112 cm³/mol. The normalized spacial score (nSPS) is 17.8. The number of nitrogens with zero attached hydrogens (tertiary/aromatic N) is 1. The number of hydrogen-bond donors (Lipinski definition) is 2. The Morgan fingerprint density at radius 1 is 1.25 bits per heavy atom. The molecule has 1 fully saturated rings. The van der Waals surface area contributed by atoms with Crippen molar-refractivity contribution in [2.75, 3.05) is 47.1 Å². The number of methoxy groups -OCH3 is 2. The molecule has 1 aliphatic rings. The summed E-state index contributed by atoms with van der Waals surface area (Å²) in [5.41, 5.74) is 7.14. The van der Waals surface area contributed by atoms with E-state index in [0.29, 0.717) is 31.3 Å². The molecule has 1 aromatic carbocycles. The molecule has 1 heterocycles. The fraction of sp³-hybridized carbons (Fsp3) is 0.650. The lowest BCUT2D eigenvalue weighted by molar-refractivity contribution is -0.123. The summed E-state index contributed by atoms with van der Waals surface area (Å²) in [4.78, 5) is 14.8. The van der Waals surface area contributed by atoms with E-state index in [2.05, 4.69) is 10.2 Å². The molecular weight excluding hydrogens is 382 g/mol. The van der Waals surface area contributed by atoms with E-state index in [9.17, 15) is 4.79 Å². The van der Waals surface area contributed by atoms with Crippen molar-refractivity contribution < 1.29 is 19.0 Å². The number of carbonyl (C=O) groups is 1. The second-order valence-electron chi connectivity index (χ2n) is 6.94. The van der Waals surface area contributed by atoms with Crippen molar-refractivity contribution in [3.05, 3.63) is 23.8 Å². The van der Waals surface area contributed by atoms with Crippen LogP contribution in [0.3, 0.4) is 0 Å². The summed E-state index contributed by atoms with van der Waals surface area (Å²) >= 11 is 0. The predicted octanol–water partition coefficient (Wildman–Crippen LogP) is 1.99. The van der Waals surface area contributed by atoms with Gasteiger partial charge in [-0.1, -0.05) is 26.3 Å². The van der Waals surface area contributed by atoms with Crippen molar-refractivity contribution >= 4 is 18.3 Å². The van der Waals surface area contributed by atoms with Gasteiger partial charge in [0.2, 0.25) is 5.91 Å². The highest BCUT2D eigenvalue weighted by Gasteiger charge is 2.26. The Balaban J connectivity index is 0.00000392. The van der Waals surface area contributed by atoms with Crippen molar-refractivity contribution in [1.82, 2.24) is 10.2 Å². The van der Waals surface area contributed by atoms with Crippen LogP contribution in [0.1, 0.15) is 31.9 Å². The van der Waals surface area contributed by atoms with Crippen molar-refractivity contribution in [2.45, 2.75) is 32.4 Å². The zero-order valence-corrected chi connectivity index (χ0v) is 18.1. The molecule has 1 aliphatic heterocycles. The molecule has 0 aliphatic carbocycles. The van der Waals surface area contributed by atoms with Crippen LogP contribution in [0.2, 0.25) is 0 Å². The molecule has 0 bridgehead atoms. The largest absolute Gasteiger partial charge is 0.493 e. The van der Waals surface area contributed by atoms with Crippen LogP contribution in [-0.2, 0) is 9.53 Å². The Morgan fingerprint density at radius 3 is 2.46 bits per heavy atom. The summed E-state index contributed by atoms with van der Waals surface area (Å²) in [6.45, 7) is 7.52. The topological polar surface area (TPSA) is 86.1 Å². The lowest BCUT2D eigenvalue weighted by Crippen LogP contribution is -2.48. The van der Waals surface area contributed by atoms with E-state index in [4.69, 9.17) is 19.9 Å². The van der Waals surface area contributed by atoms with Crippen LogP contribution >= 0.6 is 12.4 Å². The van der Waals surface area contributed by atoms with E-state index in [1.165, 1.54) is 0 Å². The first-order valence-electron chi connectivity index (χ1n) is 9.58. The third-order valence-corrected chi connectivity index (χ3v) is 5.31. The summed E-state index contributed by atoms with van der Waals surface area (Å²) in [5.74, 6) is 1.40. The standard InChI is InChI=1S/C20H33N3O4.ClH/c1-5-14(2)19(21)20(24)22-13-16(23-8-10-27-11-9-23)15-6-7-17(25-3)18(12-15)26-4;/h6-7,12,14,16,19H,5,8-11,13,21H2,1-4H3,(H,22,24);1H. The lowest BCUT2D eigenvalue weighted by atomic mass is 9.99. The van der Waals surface area contributed by atoms with Gasteiger partial charge in [0.15, 0.2) is 11.5 Å². The van der Waals surface area contributed by atoms with Gasteiger partial charge in [-0.15, -0.1) is 12.4 Å². The van der Waals surface area contributed by atoms with Gasteiger partial charge >= 0.3 is 0 Å². The Hall–Kier alpha value is -1.54.